The van der Waals surface area contributed by atoms with Gasteiger partial charge in [0.25, 0.3) is 0 Å². The Labute approximate surface area is 111 Å². The highest BCUT2D eigenvalue weighted by Gasteiger charge is 2.18. The fourth-order valence-electron chi connectivity index (χ4n) is 2.48. The summed E-state index contributed by atoms with van der Waals surface area (Å²) in [5.41, 5.74) is 3.68. The molecule has 1 aliphatic heterocycles. The lowest BCUT2D eigenvalue weighted by Crippen LogP contribution is -2.20. The van der Waals surface area contributed by atoms with E-state index in [1.165, 1.54) is 11.3 Å². The number of fused-ring (bicyclic) bond motifs is 1. The average Bonchev–Trinajstić information content (AvgIpc) is 2.83. The summed E-state index contributed by atoms with van der Waals surface area (Å²) in [4.78, 5) is 17.0. The van der Waals surface area contributed by atoms with Crippen LogP contribution in [-0.4, -0.2) is 22.6 Å². The predicted octanol–water partition coefficient (Wildman–Crippen LogP) is 2.34. The molecule has 0 fully saturated rings. The van der Waals surface area contributed by atoms with Crippen molar-refractivity contribution in [3.63, 3.8) is 0 Å². The second kappa shape index (κ2) is 4.72. The fraction of sp³-hybridized carbons (Fsp3) is 0.200. The Morgan fingerprint density at radius 1 is 1.32 bits per heavy atom. The summed E-state index contributed by atoms with van der Waals surface area (Å²) in [6, 6.07) is 11.9. The molecule has 1 aromatic carbocycles. The van der Waals surface area contributed by atoms with Gasteiger partial charge in [-0.2, -0.15) is 0 Å². The van der Waals surface area contributed by atoms with E-state index >= 15 is 0 Å². The van der Waals surface area contributed by atoms with Crippen LogP contribution >= 0.6 is 0 Å². The van der Waals surface area contributed by atoms with Gasteiger partial charge in [0, 0.05) is 25.0 Å². The molecule has 0 aliphatic carbocycles. The number of para-hydroxylation sites is 1. The topological polar surface area (TPSA) is 53.4 Å². The molecule has 0 atom stereocenters. The molecule has 0 spiro atoms. The maximum atomic E-state index is 10.9. The van der Waals surface area contributed by atoms with Crippen LogP contribution in [0.25, 0.3) is 0 Å². The first-order valence-corrected chi connectivity index (χ1v) is 6.25. The number of benzene rings is 1. The molecule has 3 rings (SSSR count). The molecule has 96 valence electrons. The smallest absolute Gasteiger partial charge is 0.354 e. The molecule has 1 aliphatic rings. The van der Waals surface area contributed by atoms with Gasteiger partial charge in [-0.3, -0.25) is 0 Å². The summed E-state index contributed by atoms with van der Waals surface area (Å²) in [5.74, 6) is -0.983. The SMILES string of the molecule is O=C(O)c1cc(CN2CCc3ccccc32)ccn1. The Morgan fingerprint density at radius 3 is 3.00 bits per heavy atom. The van der Waals surface area contributed by atoms with Crippen molar-refractivity contribution in [2.75, 3.05) is 11.4 Å². The van der Waals surface area contributed by atoms with Gasteiger partial charge >= 0.3 is 5.97 Å². The van der Waals surface area contributed by atoms with Gasteiger partial charge in [-0.1, -0.05) is 18.2 Å². The van der Waals surface area contributed by atoms with E-state index < -0.39 is 5.97 Å². The Morgan fingerprint density at radius 2 is 2.16 bits per heavy atom. The largest absolute Gasteiger partial charge is 0.477 e. The molecule has 1 N–H and O–H groups in total. The van der Waals surface area contributed by atoms with Crippen LogP contribution in [0.2, 0.25) is 0 Å². The highest BCUT2D eigenvalue weighted by Crippen LogP contribution is 2.28. The first kappa shape index (κ1) is 11.7. The summed E-state index contributed by atoms with van der Waals surface area (Å²) < 4.78 is 0. The number of pyridine rings is 1. The van der Waals surface area contributed by atoms with Gasteiger partial charge in [0.15, 0.2) is 0 Å². The molecular weight excluding hydrogens is 240 g/mol. The lowest BCUT2D eigenvalue weighted by Gasteiger charge is -2.19. The van der Waals surface area contributed by atoms with Crippen molar-refractivity contribution in [3.05, 3.63) is 59.4 Å². The second-order valence-corrected chi connectivity index (χ2v) is 4.65. The van der Waals surface area contributed by atoms with E-state index in [1.807, 2.05) is 12.1 Å². The number of carboxylic acids is 1. The Balaban J connectivity index is 1.83. The van der Waals surface area contributed by atoms with Gasteiger partial charge in [-0.15, -0.1) is 0 Å². The number of carboxylic acid groups (broad SMARTS) is 1. The van der Waals surface area contributed by atoms with Crippen molar-refractivity contribution in [3.8, 4) is 0 Å². The number of hydrogen-bond acceptors (Lipinski definition) is 3. The van der Waals surface area contributed by atoms with Crippen molar-refractivity contribution in [2.24, 2.45) is 0 Å². The zero-order valence-corrected chi connectivity index (χ0v) is 10.4. The van der Waals surface area contributed by atoms with Gasteiger partial charge in [0.2, 0.25) is 0 Å². The zero-order valence-electron chi connectivity index (χ0n) is 10.4. The molecule has 2 heterocycles. The number of hydrogen-bond donors (Lipinski definition) is 1. The predicted molar refractivity (Wildman–Crippen MR) is 72.4 cm³/mol. The standard InChI is InChI=1S/C15H14N2O2/c18-15(19)13-9-11(5-7-16-13)10-17-8-6-12-3-1-2-4-14(12)17/h1-5,7,9H,6,8,10H2,(H,18,19). The first-order chi connectivity index (χ1) is 9.24. The van der Waals surface area contributed by atoms with Gasteiger partial charge in [0.1, 0.15) is 5.69 Å². The maximum Gasteiger partial charge on any atom is 0.354 e. The van der Waals surface area contributed by atoms with Crippen molar-refractivity contribution in [1.82, 2.24) is 4.98 Å². The van der Waals surface area contributed by atoms with Crippen LogP contribution in [0, 0.1) is 0 Å². The molecule has 0 amide bonds. The molecule has 0 radical (unpaired) electrons. The molecule has 4 heteroatoms. The van der Waals surface area contributed by atoms with E-state index in [4.69, 9.17) is 5.11 Å². The highest BCUT2D eigenvalue weighted by atomic mass is 16.4. The highest BCUT2D eigenvalue weighted by molar-refractivity contribution is 5.85. The van der Waals surface area contributed by atoms with Gasteiger partial charge in [0.05, 0.1) is 0 Å². The minimum absolute atomic E-state index is 0.102. The maximum absolute atomic E-state index is 10.9. The lowest BCUT2D eigenvalue weighted by molar-refractivity contribution is 0.0690. The molecular formula is C15H14N2O2. The van der Waals surface area contributed by atoms with Crippen molar-refractivity contribution < 1.29 is 9.90 Å². The van der Waals surface area contributed by atoms with E-state index in [0.29, 0.717) is 0 Å². The van der Waals surface area contributed by atoms with Crippen LogP contribution in [0.15, 0.2) is 42.6 Å². The van der Waals surface area contributed by atoms with E-state index in [9.17, 15) is 4.79 Å². The Kier molecular flexibility index (Phi) is 2.91. The Bertz CT molecular complexity index is 625. The normalized spacial score (nSPS) is 13.4. The quantitative estimate of drug-likeness (QED) is 0.913. The molecule has 4 nitrogen and oxygen atoms in total. The number of carbonyl (C=O) groups is 1. The number of aromatic carboxylic acids is 1. The van der Waals surface area contributed by atoms with Crippen molar-refractivity contribution in [2.45, 2.75) is 13.0 Å². The monoisotopic (exact) mass is 254 g/mol. The lowest BCUT2D eigenvalue weighted by atomic mass is 10.1. The van der Waals surface area contributed by atoms with Crippen molar-refractivity contribution in [1.29, 1.82) is 0 Å². The third-order valence-corrected chi connectivity index (χ3v) is 3.40. The van der Waals surface area contributed by atoms with Gasteiger partial charge in [-0.25, -0.2) is 9.78 Å². The molecule has 0 saturated heterocycles. The number of aromatic nitrogens is 1. The minimum atomic E-state index is -0.983. The van der Waals surface area contributed by atoms with Crippen LogP contribution in [0.5, 0.6) is 0 Å². The minimum Gasteiger partial charge on any atom is -0.477 e. The van der Waals surface area contributed by atoms with Crippen LogP contribution < -0.4 is 4.90 Å². The zero-order chi connectivity index (χ0) is 13.2. The van der Waals surface area contributed by atoms with Gasteiger partial charge < -0.3 is 10.0 Å². The number of rotatable bonds is 3. The third kappa shape index (κ3) is 2.29. The molecule has 1 aromatic heterocycles. The summed E-state index contributed by atoms with van der Waals surface area (Å²) in [6.07, 6.45) is 2.60. The summed E-state index contributed by atoms with van der Waals surface area (Å²) in [7, 11) is 0. The van der Waals surface area contributed by atoms with E-state index in [2.05, 4.69) is 28.1 Å². The van der Waals surface area contributed by atoms with Crippen LogP contribution in [-0.2, 0) is 13.0 Å². The molecule has 19 heavy (non-hydrogen) atoms. The van der Waals surface area contributed by atoms with E-state index in [1.54, 1.807) is 12.3 Å². The molecule has 0 bridgehead atoms. The number of anilines is 1. The molecule has 0 saturated carbocycles. The summed E-state index contributed by atoms with van der Waals surface area (Å²) in [6.45, 7) is 1.70. The Hall–Kier alpha value is -2.36. The van der Waals surface area contributed by atoms with Crippen LogP contribution in [0.1, 0.15) is 21.6 Å². The second-order valence-electron chi connectivity index (χ2n) is 4.65. The number of nitrogens with zero attached hydrogens (tertiary/aromatic N) is 2. The molecule has 2 aromatic rings. The third-order valence-electron chi connectivity index (χ3n) is 3.40. The first-order valence-electron chi connectivity index (χ1n) is 6.25. The molecule has 0 unspecified atom stereocenters. The van der Waals surface area contributed by atoms with Gasteiger partial charge in [-0.05, 0) is 35.7 Å². The average molecular weight is 254 g/mol. The van der Waals surface area contributed by atoms with Crippen LogP contribution in [0.3, 0.4) is 0 Å². The van der Waals surface area contributed by atoms with Crippen molar-refractivity contribution >= 4 is 11.7 Å². The summed E-state index contributed by atoms with van der Waals surface area (Å²) >= 11 is 0. The summed E-state index contributed by atoms with van der Waals surface area (Å²) in [5, 5.41) is 8.95. The fourth-order valence-corrected chi connectivity index (χ4v) is 2.48. The van der Waals surface area contributed by atoms with E-state index in [0.717, 1.165) is 25.1 Å². The van der Waals surface area contributed by atoms with E-state index in [-0.39, 0.29) is 5.69 Å². The van der Waals surface area contributed by atoms with Crippen LogP contribution in [0.4, 0.5) is 5.69 Å².